The Morgan fingerprint density at radius 1 is 1.47 bits per heavy atom. The number of benzene rings is 1. The molecule has 1 unspecified atom stereocenters. The molecule has 1 aliphatic heterocycles. The van der Waals surface area contributed by atoms with Crippen molar-refractivity contribution in [3.63, 3.8) is 0 Å². The predicted molar refractivity (Wildman–Crippen MR) is 67.9 cm³/mol. The van der Waals surface area contributed by atoms with Crippen LogP contribution in [0.25, 0.3) is 0 Å². The van der Waals surface area contributed by atoms with Crippen molar-refractivity contribution in [2.24, 2.45) is 0 Å². The van der Waals surface area contributed by atoms with Gasteiger partial charge in [0.25, 0.3) is 0 Å². The average molecular weight is 255 g/mol. The molecule has 1 atom stereocenters. The minimum atomic E-state index is -2.92. The van der Waals surface area contributed by atoms with Gasteiger partial charge in [0.15, 0.2) is 9.84 Å². The van der Waals surface area contributed by atoms with E-state index in [1.54, 1.807) is 13.2 Å². The van der Waals surface area contributed by atoms with Crippen molar-refractivity contribution in [3.8, 4) is 5.75 Å². The van der Waals surface area contributed by atoms with Crippen molar-refractivity contribution in [3.05, 3.63) is 23.8 Å². The van der Waals surface area contributed by atoms with Crippen LogP contribution in [0, 0.1) is 0 Å². The minimum Gasteiger partial charge on any atom is -0.495 e. The highest BCUT2D eigenvalue weighted by atomic mass is 32.2. The van der Waals surface area contributed by atoms with E-state index in [9.17, 15) is 8.42 Å². The van der Waals surface area contributed by atoms with E-state index in [0.717, 1.165) is 18.4 Å². The van der Waals surface area contributed by atoms with Crippen molar-refractivity contribution in [1.82, 2.24) is 0 Å². The molecule has 0 spiro atoms. The van der Waals surface area contributed by atoms with Gasteiger partial charge < -0.3 is 10.5 Å². The highest BCUT2D eigenvalue weighted by Gasteiger charge is 2.31. The molecule has 1 fully saturated rings. The minimum absolute atomic E-state index is 0.281. The van der Waals surface area contributed by atoms with E-state index in [-0.39, 0.29) is 5.25 Å². The first-order chi connectivity index (χ1) is 8.04. The van der Waals surface area contributed by atoms with Crippen molar-refractivity contribution in [1.29, 1.82) is 0 Å². The zero-order valence-electron chi connectivity index (χ0n) is 9.85. The molecule has 4 nitrogen and oxygen atoms in total. The lowest BCUT2D eigenvalue weighted by atomic mass is 10.0. The topological polar surface area (TPSA) is 69.4 Å². The van der Waals surface area contributed by atoms with Crippen LogP contribution in [0.1, 0.15) is 18.4 Å². The van der Waals surface area contributed by atoms with Crippen molar-refractivity contribution in [2.75, 3.05) is 18.6 Å². The van der Waals surface area contributed by atoms with E-state index >= 15 is 0 Å². The van der Waals surface area contributed by atoms with Gasteiger partial charge >= 0.3 is 0 Å². The lowest BCUT2D eigenvalue weighted by molar-refractivity contribution is 0.416. The molecule has 17 heavy (non-hydrogen) atoms. The fraction of sp³-hybridized carbons (Fsp3) is 0.500. The van der Waals surface area contributed by atoms with E-state index in [0.29, 0.717) is 23.6 Å². The summed E-state index contributed by atoms with van der Waals surface area (Å²) < 4.78 is 28.6. The number of nitrogens with two attached hydrogens (primary N) is 1. The Morgan fingerprint density at radius 2 is 2.24 bits per heavy atom. The summed E-state index contributed by atoms with van der Waals surface area (Å²) in [6, 6.07) is 5.49. The molecule has 2 rings (SSSR count). The molecule has 1 aliphatic rings. The van der Waals surface area contributed by atoms with Gasteiger partial charge in [-0.2, -0.15) is 0 Å². The highest BCUT2D eigenvalue weighted by molar-refractivity contribution is 7.92. The second-order valence-electron chi connectivity index (χ2n) is 4.37. The molecule has 0 amide bonds. The Kier molecular flexibility index (Phi) is 3.28. The third-order valence-electron chi connectivity index (χ3n) is 3.29. The molecule has 1 aromatic rings. The molecule has 0 bridgehead atoms. The van der Waals surface area contributed by atoms with Crippen LogP contribution in [0.15, 0.2) is 18.2 Å². The molecular formula is C12H17NO3S. The number of anilines is 1. The van der Waals surface area contributed by atoms with E-state index < -0.39 is 9.84 Å². The number of nitrogen functional groups attached to an aromatic ring is 1. The first-order valence-corrected chi connectivity index (χ1v) is 7.39. The van der Waals surface area contributed by atoms with Gasteiger partial charge in [-0.05, 0) is 30.9 Å². The molecule has 5 heteroatoms. The summed E-state index contributed by atoms with van der Waals surface area (Å²) in [5.74, 6) is 0.916. The van der Waals surface area contributed by atoms with Crippen LogP contribution in [0.2, 0.25) is 0 Å². The Morgan fingerprint density at radius 3 is 2.82 bits per heavy atom. The van der Waals surface area contributed by atoms with Crippen LogP contribution in [0.5, 0.6) is 5.75 Å². The normalized spacial score (nSPS) is 22.5. The molecule has 0 radical (unpaired) electrons. The van der Waals surface area contributed by atoms with Gasteiger partial charge in [0.2, 0.25) is 0 Å². The smallest absolute Gasteiger partial charge is 0.153 e. The zero-order valence-corrected chi connectivity index (χ0v) is 10.7. The van der Waals surface area contributed by atoms with Gasteiger partial charge in [0.05, 0.1) is 23.8 Å². The van der Waals surface area contributed by atoms with Crippen LogP contribution in [-0.2, 0) is 16.3 Å². The summed E-state index contributed by atoms with van der Waals surface area (Å²) in [4.78, 5) is 0. The maximum absolute atomic E-state index is 11.8. The maximum atomic E-state index is 11.8. The standard InChI is InChI=1S/C12H17NO3S/c1-16-11-6-2-4-9(12(11)13)8-10-5-3-7-17(10,14)15/h2,4,6,10H,3,5,7-8,13H2,1H3. The van der Waals surface area contributed by atoms with Crippen LogP contribution in [0.3, 0.4) is 0 Å². The Hall–Kier alpha value is -1.23. The fourth-order valence-corrected chi connectivity index (χ4v) is 4.14. The molecule has 2 N–H and O–H groups in total. The second-order valence-corrected chi connectivity index (χ2v) is 6.77. The molecule has 0 aromatic heterocycles. The number of hydrogen-bond acceptors (Lipinski definition) is 4. The van der Waals surface area contributed by atoms with E-state index in [2.05, 4.69) is 0 Å². The number of methoxy groups -OCH3 is 1. The molecule has 1 aromatic carbocycles. The number of rotatable bonds is 3. The number of sulfone groups is 1. The van der Waals surface area contributed by atoms with E-state index in [4.69, 9.17) is 10.5 Å². The lowest BCUT2D eigenvalue weighted by Crippen LogP contribution is -2.19. The summed E-state index contributed by atoms with van der Waals surface area (Å²) in [6.45, 7) is 0. The van der Waals surface area contributed by atoms with Crippen LogP contribution in [0.4, 0.5) is 5.69 Å². The first-order valence-electron chi connectivity index (χ1n) is 5.67. The monoisotopic (exact) mass is 255 g/mol. The summed E-state index contributed by atoms with van der Waals surface area (Å²) in [6.07, 6.45) is 1.99. The highest BCUT2D eigenvalue weighted by Crippen LogP contribution is 2.30. The molecule has 0 saturated carbocycles. The third-order valence-corrected chi connectivity index (χ3v) is 5.56. The molecule has 94 valence electrons. The summed E-state index contributed by atoms with van der Waals surface area (Å²) in [7, 11) is -1.36. The van der Waals surface area contributed by atoms with Crippen molar-refractivity contribution >= 4 is 15.5 Å². The first kappa shape index (κ1) is 12.2. The quantitative estimate of drug-likeness (QED) is 0.829. The van der Waals surface area contributed by atoms with Gasteiger partial charge in [-0.15, -0.1) is 0 Å². The van der Waals surface area contributed by atoms with Gasteiger partial charge in [-0.1, -0.05) is 12.1 Å². The second kappa shape index (κ2) is 4.56. The van der Waals surface area contributed by atoms with Crippen LogP contribution in [-0.4, -0.2) is 26.5 Å². The van der Waals surface area contributed by atoms with E-state index in [1.165, 1.54) is 0 Å². The third kappa shape index (κ3) is 2.39. The lowest BCUT2D eigenvalue weighted by Gasteiger charge is -2.13. The molecular weight excluding hydrogens is 238 g/mol. The number of hydrogen-bond donors (Lipinski definition) is 1. The number of para-hydroxylation sites is 1. The summed E-state index contributed by atoms with van der Waals surface area (Å²) >= 11 is 0. The van der Waals surface area contributed by atoms with Gasteiger partial charge in [-0.25, -0.2) is 8.42 Å². The maximum Gasteiger partial charge on any atom is 0.153 e. The molecule has 0 aliphatic carbocycles. The fourth-order valence-electron chi connectivity index (χ4n) is 2.28. The Bertz CT molecular complexity index is 510. The molecule has 1 heterocycles. The van der Waals surface area contributed by atoms with Crippen LogP contribution < -0.4 is 10.5 Å². The van der Waals surface area contributed by atoms with E-state index in [1.807, 2.05) is 12.1 Å². The Labute approximate surface area is 102 Å². The van der Waals surface area contributed by atoms with Gasteiger partial charge in [-0.3, -0.25) is 0 Å². The van der Waals surface area contributed by atoms with Crippen molar-refractivity contribution < 1.29 is 13.2 Å². The van der Waals surface area contributed by atoms with Crippen molar-refractivity contribution in [2.45, 2.75) is 24.5 Å². The average Bonchev–Trinajstić information content (AvgIpc) is 2.61. The van der Waals surface area contributed by atoms with Gasteiger partial charge in [0.1, 0.15) is 5.75 Å². The SMILES string of the molecule is COc1cccc(CC2CCCS2(=O)=O)c1N. The van der Waals surface area contributed by atoms with Crippen LogP contribution >= 0.6 is 0 Å². The predicted octanol–water partition coefficient (Wildman–Crippen LogP) is 1.40. The zero-order chi connectivity index (χ0) is 12.5. The molecule has 1 saturated heterocycles. The summed E-state index contributed by atoms with van der Waals surface area (Å²) in [5, 5.41) is -0.281. The van der Waals surface area contributed by atoms with Gasteiger partial charge in [0, 0.05) is 0 Å². The largest absolute Gasteiger partial charge is 0.495 e. The summed E-state index contributed by atoms with van der Waals surface area (Å²) in [5.41, 5.74) is 7.35. The number of ether oxygens (including phenoxy) is 1. The Balaban J connectivity index is 2.25.